The number of oxazole rings is 1. The van der Waals surface area contributed by atoms with Crippen molar-refractivity contribution in [3.63, 3.8) is 0 Å². The normalized spacial score (nSPS) is 10.6. The van der Waals surface area contributed by atoms with E-state index in [4.69, 9.17) is 10.2 Å². The average molecular weight is 210 g/mol. The molecule has 1 aromatic carbocycles. The molecule has 15 heavy (non-hydrogen) atoms. The molecule has 0 saturated carbocycles. The van der Waals surface area contributed by atoms with Gasteiger partial charge < -0.3 is 10.2 Å². The number of nitrogens with two attached hydrogens (primary N) is 1. The molecule has 0 fully saturated rings. The maximum Gasteiger partial charge on any atom is 0.181 e. The minimum atomic E-state index is -0.567. The fourth-order valence-corrected chi connectivity index (χ4v) is 1.31. The molecule has 2 aromatic rings. The molecule has 0 radical (unpaired) electrons. The largest absolute Gasteiger partial charge is 0.443 e. The summed E-state index contributed by atoms with van der Waals surface area (Å²) in [5, 5.41) is 0. The second-order valence-electron chi connectivity index (χ2n) is 2.96. The van der Waals surface area contributed by atoms with Crippen LogP contribution in [0.5, 0.6) is 0 Å². The maximum atomic E-state index is 13.4. The lowest BCUT2D eigenvalue weighted by Crippen LogP contribution is -1.99. The molecule has 0 aliphatic carbocycles. The lowest BCUT2D eigenvalue weighted by Gasteiger charge is -2.01. The van der Waals surface area contributed by atoms with Gasteiger partial charge in [0.25, 0.3) is 0 Å². The molecule has 5 heteroatoms. The van der Waals surface area contributed by atoms with Gasteiger partial charge in [0, 0.05) is 6.54 Å². The minimum Gasteiger partial charge on any atom is -0.443 e. The monoisotopic (exact) mass is 210 g/mol. The van der Waals surface area contributed by atoms with Gasteiger partial charge in [-0.05, 0) is 18.2 Å². The smallest absolute Gasteiger partial charge is 0.181 e. The number of rotatable bonds is 2. The molecule has 1 aromatic heterocycles. The zero-order chi connectivity index (χ0) is 10.8. The zero-order valence-electron chi connectivity index (χ0n) is 7.71. The third-order valence-electron chi connectivity index (χ3n) is 2.01. The second-order valence-corrected chi connectivity index (χ2v) is 2.96. The quantitative estimate of drug-likeness (QED) is 0.825. The molecule has 0 bridgehead atoms. The van der Waals surface area contributed by atoms with Gasteiger partial charge in [0.05, 0.1) is 5.56 Å². The number of hydrogen-bond donors (Lipinski definition) is 1. The molecule has 0 atom stereocenters. The van der Waals surface area contributed by atoms with Crippen LogP contribution >= 0.6 is 0 Å². The Morgan fingerprint density at radius 1 is 1.33 bits per heavy atom. The van der Waals surface area contributed by atoms with E-state index in [9.17, 15) is 8.78 Å². The first-order valence-electron chi connectivity index (χ1n) is 4.30. The molecule has 2 N–H and O–H groups in total. The summed E-state index contributed by atoms with van der Waals surface area (Å²) in [6, 6.07) is 3.12. The molecule has 0 aliphatic rings. The Hall–Kier alpha value is -1.75. The van der Waals surface area contributed by atoms with Gasteiger partial charge in [0.1, 0.15) is 17.3 Å². The molecule has 0 amide bonds. The molecule has 2 rings (SSSR count). The Kier molecular flexibility index (Phi) is 2.47. The molecule has 0 saturated heterocycles. The van der Waals surface area contributed by atoms with E-state index < -0.39 is 11.6 Å². The first-order valence-corrected chi connectivity index (χ1v) is 4.30. The molecular weight excluding hydrogens is 202 g/mol. The fourth-order valence-electron chi connectivity index (χ4n) is 1.31. The number of halogens is 2. The van der Waals surface area contributed by atoms with Gasteiger partial charge in [-0.25, -0.2) is 13.8 Å². The second kappa shape index (κ2) is 3.78. The Labute approximate surface area is 84.5 Å². The van der Waals surface area contributed by atoms with E-state index in [-0.39, 0.29) is 17.9 Å². The van der Waals surface area contributed by atoms with Crippen molar-refractivity contribution in [3.05, 3.63) is 41.9 Å². The molecule has 78 valence electrons. The van der Waals surface area contributed by atoms with Gasteiger partial charge in [-0.3, -0.25) is 0 Å². The SMILES string of the molecule is NCc1ncoc1-c1cc(F)ccc1F. The molecule has 1 heterocycles. The van der Waals surface area contributed by atoms with Crippen LogP contribution in [0.1, 0.15) is 5.69 Å². The summed E-state index contributed by atoms with van der Waals surface area (Å²) in [5.74, 6) is -0.928. The molecule has 0 spiro atoms. The maximum absolute atomic E-state index is 13.4. The average Bonchev–Trinajstić information content (AvgIpc) is 2.69. The summed E-state index contributed by atoms with van der Waals surface area (Å²) in [6.45, 7) is 0.113. The zero-order valence-corrected chi connectivity index (χ0v) is 7.71. The Morgan fingerprint density at radius 3 is 2.87 bits per heavy atom. The van der Waals surface area contributed by atoms with Gasteiger partial charge in [-0.2, -0.15) is 0 Å². The van der Waals surface area contributed by atoms with Gasteiger partial charge in [0.2, 0.25) is 0 Å². The van der Waals surface area contributed by atoms with Crippen LogP contribution in [-0.2, 0) is 6.54 Å². The van der Waals surface area contributed by atoms with Gasteiger partial charge >= 0.3 is 0 Å². The van der Waals surface area contributed by atoms with Crippen LogP contribution in [-0.4, -0.2) is 4.98 Å². The van der Waals surface area contributed by atoms with E-state index in [0.717, 1.165) is 24.6 Å². The van der Waals surface area contributed by atoms with Crippen molar-refractivity contribution < 1.29 is 13.2 Å². The van der Waals surface area contributed by atoms with Gasteiger partial charge in [-0.1, -0.05) is 0 Å². The summed E-state index contributed by atoms with van der Waals surface area (Å²) in [4.78, 5) is 3.80. The lowest BCUT2D eigenvalue weighted by atomic mass is 10.1. The molecular formula is C10H8F2N2O. The number of nitrogens with zero attached hydrogens (tertiary/aromatic N) is 1. The molecule has 0 aliphatic heterocycles. The fraction of sp³-hybridized carbons (Fsp3) is 0.100. The van der Waals surface area contributed by atoms with Crippen LogP contribution in [0.15, 0.2) is 29.0 Å². The Morgan fingerprint density at radius 2 is 2.13 bits per heavy atom. The van der Waals surface area contributed by atoms with Crippen molar-refractivity contribution in [2.75, 3.05) is 0 Å². The standard InChI is InChI=1S/C10H8F2N2O/c11-6-1-2-8(12)7(3-6)10-9(4-13)14-5-15-10/h1-3,5H,4,13H2. The highest BCUT2D eigenvalue weighted by Gasteiger charge is 2.14. The van der Waals surface area contributed by atoms with Crippen LogP contribution in [0.2, 0.25) is 0 Å². The highest BCUT2D eigenvalue weighted by atomic mass is 19.1. The van der Waals surface area contributed by atoms with Crippen molar-refractivity contribution in [1.82, 2.24) is 4.98 Å². The van der Waals surface area contributed by atoms with Gasteiger partial charge in [-0.15, -0.1) is 0 Å². The van der Waals surface area contributed by atoms with Crippen LogP contribution < -0.4 is 5.73 Å². The summed E-state index contributed by atoms with van der Waals surface area (Å²) in [6.07, 6.45) is 1.15. The topological polar surface area (TPSA) is 52.0 Å². The van der Waals surface area contributed by atoms with Crippen molar-refractivity contribution >= 4 is 0 Å². The highest BCUT2D eigenvalue weighted by Crippen LogP contribution is 2.26. The molecule has 0 unspecified atom stereocenters. The predicted octanol–water partition coefficient (Wildman–Crippen LogP) is 2.08. The summed E-state index contributed by atoms with van der Waals surface area (Å²) in [5.41, 5.74) is 5.82. The number of benzene rings is 1. The van der Waals surface area contributed by atoms with Crippen LogP contribution in [0, 0.1) is 11.6 Å². The Bertz CT molecular complexity index is 482. The van der Waals surface area contributed by atoms with Crippen molar-refractivity contribution in [1.29, 1.82) is 0 Å². The first-order chi connectivity index (χ1) is 7.22. The summed E-state index contributed by atoms with van der Waals surface area (Å²) >= 11 is 0. The number of aromatic nitrogens is 1. The van der Waals surface area contributed by atoms with Crippen LogP contribution in [0.25, 0.3) is 11.3 Å². The van der Waals surface area contributed by atoms with E-state index in [1.54, 1.807) is 0 Å². The van der Waals surface area contributed by atoms with Crippen LogP contribution in [0.4, 0.5) is 8.78 Å². The first kappa shape index (κ1) is 9.79. The third-order valence-corrected chi connectivity index (χ3v) is 2.01. The summed E-state index contributed by atoms with van der Waals surface area (Å²) in [7, 11) is 0. The van der Waals surface area contributed by atoms with Gasteiger partial charge in [0.15, 0.2) is 12.2 Å². The Balaban J connectivity index is 2.58. The van der Waals surface area contributed by atoms with E-state index in [1.165, 1.54) is 0 Å². The van der Waals surface area contributed by atoms with E-state index in [0.29, 0.717) is 5.69 Å². The molecule has 3 nitrogen and oxygen atoms in total. The van der Waals surface area contributed by atoms with E-state index >= 15 is 0 Å². The van der Waals surface area contributed by atoms with E-state index in [2.05, 4.69) is 4.98 Å². The van der Waals surface area contributed by atoms with Crippen LogP contribution in [0.3, 0.4) is 0 Å². The van der Waals surface area contributed by atoms with Crippen molar-refractivity contribution in [3.8, 4) is 11.3 Å². The van der Waals surface area contributed by atoms with E-state index in [1.807, 2.05) is 0 Å². The van der Waals surface area contributed by atoms with Crippen molar-refractivity contribution in [2.24, 2.45) is 5.73 Å². The lowest BCUT2D eigenvalue weighted by molar-refractivity contribution is 0.555. The third kappa shape index (κ3) is 1.73. The van der Waals surface area contributed by atoms with Crippen molar-refractivity contribution in [2.45, 2.75) is 6.54 Å². The summed E-state index contributed by atoms with van der Waals surface area (Å²) < 4.78 is 31.2. The number of hydrogen-bond acceptors (Lipinski definition) is 3. The minimum absolute atomic E-state index is 0.0351. The predicted molar refractivity (Wildman–Crippen MR) is 49.7 cm³/mol. The highest BCUT2D eigenvalue weighted by molar-refractivity contribution is 5.60.